The van der Waals surface area contributed by atoms with Crippen LogP contribution < -0.4 is 0 Å². The molecule has 29 heavy (non-hydrogen) atoms. The molecule has 5 rings (SSSR count). The van der Waals surface area contributed by atoms with Gasteiger partial charge in [0.05, 0.1) is 5.56 Å². The number of aromatic hydroxyl groups is 1. The Morgan fingerprint density at radius 1 is 0.655 bits per heavy atom. The van der Waals surface area contributed by atoms with E-state index in [1.807, 2.05) is 36.6 Å². The highest BCUT2D eigenvalue weighted by atomic mass is 32.2. The molecule has 0 amide bonds. The Morgan fingerprint density at radius 2 is 1.28 bits per heavy atom. The van der Waals surface area contributed by atoms with Crippen LogP contribution >= 0.6 is 11.8 Å². The Morgan fingerprint density at radius 3 is 2.03 bits per heavy atom. The third-order valence-electron chi connectivity index (χ3n) is 4.95. The van der Waals surface area contributed by atoms with E-state index in [-0.39, 0.29) is 5.75 Å². The van der Waals surface area contributed by atoms with Crippen molar-refractivity contribution in [2.24, 2.45) is 0 Å². The molecule has 4 nitrogen and oxygen atoms in total. The quantitative estimate of drug-likeness (QED) is 0.303. The fourth-order valence-electron chi connectivity index (χ4n) is 3.59. The lowest BCUT2D eigenvalue weighted by molar-refractivity contribution is 0.477. The minimum absolute atomic E-state index is 0.153. The number of rotatable bonds is 3. The number of nitrogens with zero attached hydrogens (tertiary/aromatic N) is 3. The van der Waals surface area contributed by atoms with E-state index in [0.717, 1.165) is 21.7 Å². The number of hydrogen-bond acceptors (Lipinski definition) is 5. The van der Waals surface area contributed by atoms with Crippen LogP contribution in [0.15, 0.2) is 84.0 Å². The van der Waals surface area contributed by atoms with Gasteiger partial charge in [-0.3, -0.25) is 0 Å². The van der Waals surface area contributed by atoms with Crippen LogP contribution in [0.25, 0.3) is 44.3 Å². The van der Waals surface area contributed by atoms with Gasteiger partial charge in [0.1, 0.15) is 5.75 Å². The zero-order valence-corrected chi connectivity index (χ0v) is 16.5. The maximum absolute atomic E-state index is 10.3. The fourth-order valence-corrected chi connectivity index (χ4v) is 3.95. The number of aromatic nitrogens is 3. The molecule has 0 bridgehead atoms. The van der Waals surface area contributed by atoms with Crippen molar-refractivity contribution >= 4 is 33.3 Å². The van der Waals surface area contributed by atoms with Crippen LogP contribution in [-0.2, 0) is 0 Å². The van der Waals surface area contributed by atoms with Gasteiger partial charge in [-0.05, 0) is 46.0 Å². The SMILES string of the molecule is CSc1nc(-c2ccccc2O)nc(-c2cc3ccccc3c3ccccc23)n1. The van der Waals surface area contributed by atoms with E-state index in [1.165, 1.54) is 17.1 Å². The summed E-state index contributed by atoms with van der Waals surface area (Å²) in [5.41, 5.74) is 1.55. The molecule has 4 aromatic carbocycles. The fraction of sp³-hybridized carbons (Fsp3) is 0.0417. The Hall–Kier alpha value is -3.44. The molecule has 0 atom stereocenters. The third kappa shape index (κ3) is 3.09. The summed E-state index contributed by atoms with van der Waals surface area (Å²) in [5.74, 6) is 1.22. The molecule has 1 aromatic heterocycles. The van der Waals surface area contributed by atoms with Crippen LogP contribution in [0.3, 0.4) is 0 Å². The Labute approximate surface area is 172 Å². The standard InChI is InChI=1S/C24H17N3OS/c1-29-24-26-22(19-12-6-7-13-21(19)28)25-23(27-24)20-14-15-8-2-3-9-16(15)17-10-4-5-11-18(17)20/h2-14,28H,1H3. The molecular weight excluding hydrogens is 378 g/mol. The van der Waals surface area contributed by atoms with Crippen LogP contribution in [-0.4, -0.2) is 26.3 Å². The minimum atomic E-state index is 0.153. The summed E-state index contributed by atoms with van der Waals surface area (Å²) >= 11 is 1.46. The Balaban J connectivity index is 1.83. The molecule has 1 N–H and O–H groups in total. The highest BCUT2D eigenvalue weighted by Crippen LogP contribution is 2.35. The van der Waals surface area contributed by atoms with Crippen LogP contribution in [0.2, 0.25) is 0 Å². The van der Waals surface area contributed by atoms with Crippen molar-refractivity contribution in [3.8, 4) is 28.5 Å². The van der Waals surface area contributed by atoms with Gasteiger partial charge in [0.15, 0.2) is 16.8 Å². The molecule has 0 saturated heterocycles. The van der Waals surface area contributed by atoms with E-state index < -0.39 is 0 Å². The first kappa shape index (κ1) is 17.6. The van der Waals surface area contributed by atoms with E-state index in [1.54, 1.807) is 12.1 Å². The van der Waals surface area contributed by atoms with Crippen molar-refractivity contribution in [1.82, 2.24) is 15.0 Å². The average Bonchev–Trinajstić information content (AvgIpc) is 2.78. The Kier molecular flexibility index (Phi) is 4.37. The largest absolute Gasteiger partial charge is 0.507 e. The second kappa shape index (κ2) is 7.18. The number of benzene rings is 4. The predicted molar refractivity (Wildman–Crippen MR) is 119 cm³/mol. The van der Waals surface area contributed by atoms with Crippen molar-refractivity contribution in [3.05, 3.63) is 78.9 Å². The summed E-state index contributed by atoms with van der Waals surface area (Å²) in [7, 11) is 0. The zero-order valence-electron chi connectivity index (χ0n) is 15.7. The van der Waals surface area contributed by atoms with Crippen molar-refractivity contribution in [2.45, 2.75) is 5.16 Å². The predicted octanol–water partition coefficient (Wildman–Crippen LogP) is 5.94. The molecule has 0 unspecified atom stereocenters. The van der Waals surface area contributed by atoms with Gasteiger partial charge in [0.2, 0.25) is 0 Å². The lowest BCUT2D eigenvalue weighted by Gasteiger charge is -2.12. The van der Waals surface area contributed by atoms with E-state index in [9.17, 15) is 5.11 Å². The summed E-state index contributed by atoms with van der Waals surface area (Å²) in [6.07, 6.45) is 1.94. The minimum Gasteiger partial charge on any atom is -0.507 e. The van der Waals surface area contributed by atoms with Gasteiger partial charge in [-0.15, -0.1) is 0 Å². The molecule has 1 heterocycles. The molecule has 0 spiro atoms. The number of hydrogen-bond donors (Lipinski definition) is 1. The number of phenols is 1. The molecule has 0 saturated carbocycles. The molecule has 140 valence electrons. The lowest BCUT2D eigenvalue weighted by Crippen LogP contribution is -1.99. The normalized spacial score (nSPS) is 11.2. The van der Waals surface area contributed by atoms with E-state index in [2.05, 4.69) is 41.4 Å². The summed E-state index contributed by atoms with van der Waals surface area (Å²) in [6.45, 7) is 0. The van der Waals surface area contributed by atoms with Gasteiger partial charge in [-0.2, -0.15) is 0 Å². The molecular formula is C24H17N3OS. The van der Waals surface area contributed by atoms with E-state index in [4.69, 9.17) is 9.97 Å². The van der Waals surface area contributed by atoms with Crippen molar-refractivity contribution in [3.63, 3.8) is 0 Å². The van der Waals surface area contributed by atoms with Crippen LogP contribution in [0.4, 0.5) is 0 Å². The van der Waals surface area contributed by atoms with Crippen LogP contribution in [0.5, 0.6) is 5.75 Å². The van der Waals surface area contributed by atoms with Gasteiger partial charge in [0, 0.05) is 5.56 Å². The first-order valence-corrected chi connectivity index (χ1v) is 10.5. The Bertz CT molecular complexity index is 1370. The molecule has 5 heteroatoms. The number of fused-ring (bicyclic) bond motifs is 3. The summed E-state index contributed by atoms with van der Waals surface area (Å²) in [5, 5.41) is 15.5. The van der Waals surface area contributed by atoms with E-state index >= 15 is 0 Å². The molecule has 0 aliphatic heterocycles. The van der Waals surface area contributed by atoms with Gasteiger partial charge in [0.25, 0.3) is 0 Å². The highest BCUT2D eigenvalue weighted by molar-refractivity contribution is 7.98. The number of phenolic OH excluding ortho intramolecular Hbond substituents is 1. The summed E-state index contributed by atoms with van der Waals surface area (Å²) in [6, 6.07) is 25.9. The second-order valence-corrected chi connectivity index (χ2v) is 7.45. The molecule has 0 fully saturated rings. The van der Waals surface area contributed by atoms with Crippen LogP contribution in [0, 0.1) is 0 Å². The van der Waals surface area contributed by atoms with Crippen molar-refractivity contribution in [2.75, 3.05) is 6.26 Å². The van der Waals surface area contributed by atoms with E-state index in [0.29, 0.717) is 22.4 Å². The average molecular weight is 395 g/mol. The highest BCUT2D eigenvalue weighted by Gasteiger charge is 2.15. The summed E-state index contributed by atoms with van der Waals surface area (Å²) in [4.78, 5) is 14.0. The van der Waals surface area contributed by atoms with Crippen LogP contribution in [0.1, 0.15) is 0 Å². The molecule has 0 aliphatic rings. The first-order valence-electron chi connectivity index (χ1n) is 9.24. The second-order valence-electron chi connectivity index (χ2n) is 6.68. The summed E-state index contributed by atoms with van der Waals surface area (Å²) < 4.78 is 0. The third-order valence-corrected chi connectivity index (χ3v) is 5.50. The first-order chi connectivity index (χ1) is 14.2. The number of para-hydroxylation sites is 1. The number of thioether (sulfide) groups is 1. The lowest BCUT2D eigenvalue weighted by atomic mass is 9.97. The van der Waals surface area contributed by atoms with Gasteiger partial charge >= 0.3 is 0 Å². The smallest absolute Gasteiger partial charge is 0.191 e. The maximum Gasteiger partial charge on any atom is 0.191 e. The van der Waals surface area contributed by atoms with Crippen molar-refractivity contribution in [1.29, 1.82) is 0 Å². The van der Waals surface area contributed by atoms with Gasteiger partial charge in [-0.25, -0.2) is 15.0 Å². The zero-order chi connectivity index (χ0) is 19.8. The molecule has 5 aromatic rings. The maximum atomic E-state index is 10.3. The van der Waals surface area contributed by atoms with Gasteiger partial charge in [-0.1, -0.05) is 72.4 Å². The molecule has 0 aliphatic carbocycles. The topological polar surface area (TPSA) is 58.9 Å². The van der Waals surface area contributed by atoms with Gasteiger partial charge < -0.3 is 5.11 Å². The molecule has 0 radical (unpaired) electrons. The van der Waals surface area contributed by atoms with Crippen molar-refractivity contribution < 1.29 is 5.11 Å². The monoisotopic (exact) mass is 395 g/mol.